The molecule has 0 spiro atoms. The summed E-state index contributed by atoms with van der Waals surface area (Å²) in [5.41, 5.74) is 0.390. The van der Waals surface area contributed by atoms with Gasteiger partial charge in [0.15, 0.2) is 0 Å². The molecule has 1 unspecified atom stereocenters. The van der Waals surface area contributed by atoms with Crippen LogP contribution >= 0.6 is 11.3 Å². The molecule has 2 heterocycles. The highest BCUT2D eigenvalue weighted by atomic mass is 32.1. The lowest BCUT2D eigenvalue weighted by molar-refractivity contribution is 0.0598. The van der Waals surface area contributed by atoms with Gasteiger partial charge in [-0.05, 0) is 42.3 Å². The summed E-state index contributed by atoms with van der Waals surface area (Å²) in [7, 11) is 2.83. The van der Waals surface area contributed by atoms with E-state index in [0.29, 0.717) is 16.1 Å². The number of rotatable bonds is 7. The van der Waals surface area contributed by atoms with E-state index in [1.165, 1.54) is 13.2 Å². The molecule has 0 saturated heterocycles. The quantitative estimate of drug-likeness (QED) is 0.382. The van der Waals surface area contributed by atoms with Gasteiger partial charge in [-0.15, -0.1) is 11.3 Å². The number of methoxy groups -OCH3 is 2. The molecule has 9 nitrogen and oxygen atoms in total. The summed E-state index contributed by atoms with van der Waals surface area (Å²) in [6, 6.07) is 14.6. The number of benzene rings is 2. The minimum absolute atomic E-state index is 0.212. The first-order chi connectivity index (χ1) is 16.8. The molecule has 35 heavy (non-hydrogen) atoms. The second-order valence-corrected chi connectivity index (χ2v) is 8.80. The van der Waals surface area contributed by atoms with Crippen molar-refractivity contribution in [1.29, 1.82) is 0 Å². The number of H-pyrrole nitrogens is 1. The van der Waals surface area contributed by atoms with Crippen LogP contribution in [0.4, 0.5) is 0 Å². The molecule has 0 bridgehead atoms. The SMILES string of the molecule is COC(=O)c1ccccc1C(C)n1c(=O)[nH]c2sc(C(=O)NCc3cccc(OC)c3)cc2c1=O. The van der Waals surface area contributed by atoms with Crippen LogP contribution in [0.1, 0.15) is 44.1 Å². The van der Waals surface area contributed by atoms with Crippen molar-refractivity contribution in [2.45, 2.75) is 19.5 Å². The third-order valence-electron chi connectivity index (χ3n) is 5.64. The first-order valence-electron chi connectivity index (χ1n) is 10.7. The zero-order chi connectivity index (χ0) is 25.1. The third-order valence-corrected chi connectivity index (χ3v) is 6.68. The molecule has 0 aliphatic carbocycles. The average Bonchev–Trinajstić information content (AvgIpc) is 3.31. The Balaban J connectivity index is 1.66. The van der Waals surface area contributed by atoms with E-state index in [1.54, 1.807) is 38.3 Å². The normalized spacial score (nSPS) is 11.7. The highest BCUT2D eigenvalue weighted by Crippen LogP contribution is 2.24. The molecule has 2 aromatic heterocycles. The molecule has 0 radical (unpaired) electrons. The van der Waals surface area contributed by atoms with Crippen molar-refractivity contribution in [2.24, 2.45) is 0 Å². The number of hydrogen-bond acceptors (Lipinski definition) is 7. The van der Waals surface area contributed by atoms with Crippen molar-refractivity contribution in [3.8, 4) is 5.75 Å². The number of carbonyl (C=O) groups is 2. The summed E-state index contributed by atoms with van der Waals surface area (Å²) in [5, 5.41) is 3.03. The summed E-state index contributed by atoms with van der Waals surface area (Å²) in [4.78, 5) is 54.4. The standard InChI is InChI=1S/C25H23N3O6S/c1-14(17-9-4-5-10-18(17)24(31)34-3)28-23(30)19-12-20(35-22(19)27-25(28)32)21(29)26-13-15-7-6-8-16(11-15)33-2/h4-12,14H,13H2,1-3H3,(H,26,29)(H,27,32). The molecule has 10 heteroatoms. The first-order valence-corrected chi connectivity index (χ1v) is 11.5. The number of hydrogen-bond donors (Lipinski definition) is 2. The molecule has 2 N–H and O–H groups in total. The van der Waals surface area contributed by atoms with E-state index in [-0.39, 0.29) is 28.3 Å². The van der Waals surface area contributed by atoms with Crippen LogP contribution in [0, 0.1) is 0 Å². The summed E-state index contributed by atoms with van der Waals surface area (Å²) >= 11 is 1.02. The van der Waals surface area contributed by atoms with Gasteiger partial charge in [0.05, 0.1) is 36.1 Å². The zero-order valence-corrected chi connectivity index (χ0v) is 20.1. The van der Waals surface area contributed by atoms with Gasteiger partial charge in [-0.25, -0.2) is 9.59 Å². The number of amides is 1. The number of aromatic amines is 1. The lowest BCUT2D eigenvalue weighted by Gasteiger charge is -2.17. The Bertz CT molecular complexity index is 1530. The van der Waals surface area contributed by atoms with Crippen LogP contribution in [-0.2, 0) is 11.3 Å². The molecular formula is C25H23N3O6S. The van der Waals surface area contributed by atoms with Gasteiger partial charge in [0.25, 0.3) is 11.5 Å². The van der Waals surface area contributed by atoms with E-state index in [4.69, 9.17) is 9.47 Å². The van der Waals surface area contributed by atoms with E-state index in [0.717, 1.165) is 21.5 Å². The lowest BCUT2D eigenvalue weighted by Crippen LogP contribution is -2.37. The van der Waals surface area contributed by atoms with Crippen LogP contribution in [0.2, 0.25) is 0 Å². The van der Waals surface area contributed by atoms with Crippen LogP contribution in [0.25, 0.3) is 10.2 Å². The lowest BCUT2D eigenvalue weighted by atomic mass is 10.0. The van der Waals surface area contributed by atoms with Gasteiger partial charge in [-0.3, -0.25) is 19.1 Å². The van der Waals surface area contributed by atoms with Gasteiger partial charge in [0, 0.05) is 6.54 Å². The largest absolute Gasteiger partial charge is 0.497 e. The predicted molar refractivity (Wildman–Crippen MR) is 132 cm³/mol. The topological polar surface area (TPSA) is 119 Å². The summed E-state index contributed by atoms with van der Waals surface area (Å²) < 4.78 is 11.1. The molecular weight excluding hydrogens is 470 g/mol. The number of esters is 1. The Morgan fingerprint density at radius 1 is 1.09 bits per heavy atom. The van der Waals surface area contributed by atoms with Gasteiger partial charge in [0.1, 0.15) is 10.6 Å². The number of ether oxygens (including phenoxy) is 2. The molecule has 0 aliphatic rings. The van der Waals surface area contributed by atoms with Crippen molar-refractivity contribution in [3.05, 3.63) is 97.0 Å². The maximum atomic E-state index is 13.3. The highest BCUT2D eigenvalue weighted by molar-refractivity contribution is 7.20. The van der Waals surface area contributed by atoms with Crippen LogP contribution in [0.5, 0.6) is 5.75 Å². The van der Waals surface area contributed by atoms with E-state index in [1.807, 2.05) is 24.3 Å². The molecule has 0 saturated carbocycles. The Morgan fingerprint density at radius 2 is 1.86 bits per heavy atom. The number of fused-ring (bicyclic) bond motifs is 1. The maximum absolute atomic E-state index is 13.3. The summed E-state index contributed by atoms with van der Waals surface area (Å²) in [6.45, 7) is 1.92. The first kappa shape index (κ1) is 24.0. The van der Waals surface area contributed by atoms with Gasteiger partial charge in [-0.1, -0.05) is 30.3 Å². The number of nitrogens with zero attached hydrogens (tertiary/aromatic N) is 1. The highest BCUT2D eigenvalue weighted by Gasteiger charge is 2.22. The molecule has 1 atom stereocenters. The van der Waals surface area contributed by atoms with E-state index < -0.39 is 23.3 Å². The van der Waals surface area contributed by atoms with Crippen molar-refractivity contribution < 1.29 is 19.1 Å². The Labute approximate surface area is 203 Å². The zero-order valence-electron chi connectivity index (χ0n) is 19.3. The van der Waals surface area contributed by atoms with E-state index >= 15 is 0 Å². The summed E-state index contributed by atoms with van der Waals surface area (Å²) in [5.74, 6) is -0.256. The van der Waals surface area contributed by atoms with Gasteiger partial charge in [-0.2, -0.15) is 0 Å². The van der Waals surface area contributed by atoms with E-state index in [9.17, 15) is 19.2 Å². The predicted octanol–water partition coefficient (Wildman–Crippen LogP) is 3.09. The molecule has 0 fully saturated rings. The van der Waals surface area contributed by atoms with Gasteiger partial charge in [0.2, 0.25) is 0 Å². The second-order valence-electron chi connectivity index (χ2n) is 7.75. The molecule has 0 aliphatic heterocycles. The molecule has 4 rings (SSSR count). The summed E-state index contributed by atoms with van der Waals surface area (Å²) in [6.07, 6.45) is 0. The fourth-order valence-electron chi connectivity index (χ4n) is 3.83. The molecule has 2 aromatic carbocycles. The van der Waals surface area contributed by atoms with Crippen molar-refractivity contribution in [1.82, 2.24) is 14.9 Å². The van der Waals surface area contributed by atoms with Crippen LogP contribution in [0.15, 0.2) is 64.2 Å². The second kappa shape index (κ2) is 9.98. The Kier molecular flexibility index (Phi) is 6.83. The number of thiophene rings is 1. The number of nitrogens with one attached hydrogen (secondary N) is 2. The monoisotopic (exact) mass is 493 g/mol. The Morgan fingerprint density at radius 3 is 2.60 bits per heavy atom. The average molecular weight is 494 g/mol. The molecule has 4 aromatic rings. The maximum Gasteiger partial charge on any atom is 0.338 e. The van der Waals surface area contributed by atoms with Crippen LogP contribution in [0.3, 0.4) is 0 Å². The van der Waals surface area contributed by atoms with Crippen molar-refractivity contribution >= 4 is 33.4 Å². The minimum atomic E-state index is -0.754. The fourth-order valence-corrected chi connectivity index (χ4v) is 4.79. The molecule has 180 valence electrons. The number of aromatic nitrogens is 2. The molecule has 1 amide bonds. The van der Waals surface area contributed by atoms with Crippen LogP contribution in [-0.4, -0.2) is 35.6 Å². The fraction of sp³-hybridized carbons (Fsp3) is 0.200. The van der Waals surface area contributed by atoms with Gasteiger partial charge >= 0.3 is 11.7 Å². The van der Waals surface area contributed by atoms with Gasteiger partial charge < -0.3 is 14.8 Å². The van der Waals surface area contributed by atoms with Crippen molar-refractivity contribution in [2.75, 3.05) is 14.2 Å². The van der Waals surface area contributed by atoms with Crippen molar-refractivity contribution in [3.63, 3.8) is 0 Å². The smallest absolute Gasteiger partial charge is 0.338 e. The van der Waals surface area contributed by atoms with Crippen LogP contribution < -0.4 is 21.3 Å². The Hall–Kier alpha value is -4.18. The number of carbonyl (C=O) groups excluding carboxylic acids is 2. The minimum Gasteiger partial charge on any atom is -0.497 e. The third kappa shape index (κ3) is 4.73. The van der Waals surface area contributed by atoms with E-state index in [2.05, 4.69) is 10.3 Å².